The van der Waals surface area contributed by atoms with Crippen LogP contribution < -0.4 is 5.32 Å². The van der Waals surface area contributed by atoms with Crippen molar-refractivity contribution < 1.29 is 4.79 Å². The van der Waals surface area contributed by atoms with Crippen LogP contribution in [0.4, 0.5) is 5.82 Å². The number of aromatic nitrogens is 1. The lowest BCUT2D eigenvalue weighted by atomic mass is 9.98. The topological polar surface area (TPSA) is 42.0 Å². The van der Waals surface area contributed by atoms with E-state index in [4.69, 9.17) is 11.6 Å². The van der Waals surface area contributed by atoms with Gasteiger partial charge in [0.05, 0.1) is 0 Å². The van der Waals surface area contributed by atoms with Crippen LogP contribution in [-0.4, -0.2) is 10.9 Å². The average molecular weight is 337 g/mol. The number of fused-ring (bicyclic) bond motifs is 1. The lowest BCUT2D eigenvalue weighted by molar-refractivity contribution is -0.117. The second-order valence-electron chi connectivity index (χ2n) is 6.31. The maximum atomic E-state index is 11.9. The van der Waals surface area contributed by atoms with Crippen molar-refractivity contribution in [2.24, 2.45) is 5.92 Å². The molecule has 0 atom stereocenters. The van der Waals surface area contributed by atoms with Crippen LogP contribution in [0, 0.1) is 12.8 Å². The molecule has 120 valence electrons. The van der Waals surface area contributed by atoms with Gasteiger partial charge in [0.25, 0.3) is 0 Å². The van der Waals surface area contributed by atoms with Gasteiger partial charge in [-0.1, -0.05) is 35.9 Å². The first kappa shape index (κ1) is 15.2. The number of hydrogen-bond donors (Lipinski definition) is 1. The van der Waals surface area contributed by atoms with E-state index in [9.17, 15) is 4.79 Å². The van der Waals surface area contributed by atoms with Gasteiger partial charge in [0.2, 0.25) is 5.91 Å². The van der Waals surface area contributed by atoms with Crippen LogP contribution in [0.25, 0.3) is 21.9 Å². The molecule has 1 fully saturated rings. The van der Waals surface area contributed by atoms with Gasteiger partial charge in [0.15, 0.2) is 0 Å². The molecular weight excluding hydrogens is 320 g/mol. The molecule has 1 aliphatic carbocycles. The summed E-state index contributed by atoms with van der Waals surface area (Å²) >= 11 is 6.23. The minimum atomic E-state index is 0.0769. The molecule has 1 amide bonds. The lowest BCUT2D eigenvalue weighted by Gasteiger charge is -2.10. The Morgan fingerprint density at radius 2 is 2.00 bits per heavy atom. The molecule has 4 rings (SSSR count). The highest BCUT2D eigenvalue weighted by Gasteiger charge is 2.29. The Morgan fingerprint density at radius 3 is 2.79 bits per heavy atom. The lowest BCUT2D eigenvalue weighted by Crippen LogP contribution is -2.14. The fourth-order valence-corrected chi connectivity index (χ4v) is 3.05. The number of carbonyl (C=O) groups is 1. The van der Waals surface area contributed by atoms with Gasteiger partial charge >= 0.3 is 0 Å². The summed E-state index contributed by atoms with van der Waals surface area (Å²) < 4.78 is 0. The highest BCUT2D eigenvalue weighted by molar-refractivity contribution is 6.31. The first-order chi connectivity index (χ1) is 11.6. The molecule has 1 aliphatic rings. The molecule has 2 aromatic carbocycles. The largest absolute Gasteiger partial charge is 0.310 e. The molecule has 3 aromatic rings. The van der Waals surface area contributed by atoms with E-state index in [1.165, 1.54) is 0 Å². The van der Waals surface area contributed by atoms with Gasteiger partial charge in [0, 0.05) is 22.5 Å². The minimum absolute atomic E-state index is 0.0769. The number of amides is 1. The molecule has 24 heavy (non-hydrogen) atoms. The zero-order chi connectivity index (χ0) is 16.7. The van der Waals surface area contributed by atoms with E-state index in [0.717, 1.165) is 45.3 Å². The van der Waals surface area contributed by atoms with Gasteiger partial charge in [-0.25, -0.2) is 4.98 Å². The summed E-state index contributed by atoms with van der Waals surface area (Å²) in [4.78, 5) is 16.2. The third kappa shape index (κ3) is 2.87. The molecule has 0 unspecified atom stereocenters. The number of nitrogens with one attached hydrogen (secondary N) is 1. The highest BCUT2D eigenvalue weighted by atomic mass is 35.5. The van der Waals surface area contributed by atoms with Crippen LogP contribution in [0.1, 0.15) is 18.4 Å². The van der Waals surface area contributed by atoms with Gasteiger partial charge < -0.3 is 5.32 Å². The van der Waals surface area contributed by atoms with Gasteiger partial charge in [-0.3, -0.25) is 4.79 Å². The standard InChI is InChI=1S/C20H17ClN2O/c1-12-17(3-2-4-18(12)21)15-8-7-14-10-19(22-11-16(14)9-15)23-20(24)13-5-6-13/h2-4,7-11,13H,5-6H2,1H3,(H,22,23,24). The van der Waals surface area contributed by atoms with Crippen molar-refractivity contribution in [3.63, 3.8) is 0 Å². The molecule has 0 spiro atoms. The summed E-state index contributed by atoms with van der Waals surface area (Å²) in [6, 6.07) is 14.1. The van der Waals surface area contributed by atoms with E-state index in [2.05, 4.69) is 34.6 Å². The second kappa shape index (κ2) is 5.91. The van der Waals surface area contributed by atoms with Crippen LogP contribution in [0.15, 0.2) is 48.7 Å². The van der Waals surface area contributed by atoms with Gasteiger partial charge in [-0.05, 0) is 60.0 Å². The molecule has 0 aliphatic heterocycles. The predicted molar refractivity (Wildman–Crippen MR) is 98.3 cm³/mol. The number of carbonyl (C=O) groups excluding carboxylic acids is 1. The van der Waals surface area contributed by atoms with Crippen molar-refractivity contribution in [3.8, 4) is 11.1 Å². The Morgan fingerprint density at radius 1 is 1.17 bits per heavy atom. The monoisotopic (exact) mass is 336 g/mol. The third-order valence-electron chi connectivity index (χ3n) is 4.50. The van der Waals surface area contributed by atoms with Gasteiger partial charge in [0.1, 0.15) is 5.82 Å². The maximum Gasteiger partial charge on any atom is 0.228 e. The molecular formula is C20H17ClN2O. The SMILES string of the molecule is Cc1c(Cl)cccc1-c1ccc2cc(NC(=O)C3CC3)ncc2c1. The van der Waals surface area contributed by atoms with E-state index in [1.54, 1.807) is 6.20 Å². The summed E-state index contributed by atoms with van der Waals surface area (Å²) in [7, 11) is 0. The number of nitrogens with zero attached hydrogens (tertiary/aromatic N) is 1. The quantitative estimate of drug-likeness (QED) is 0.713. The highest BCUT2D eigenvalue weighted by Crippen LogP contribution is 2.32. The Bertz CT molecular complexity index is 948. The smallest absolute Gasteiger partial charge is 0.228 e. The third-order valence-corrected chi connectivity index (χ3v) is 4.91. The molecule has 0 bridgehead atoms. The van der Waals surface area contributed by atoms with Crippen molar-refractivity contribution in [3.05, 3.63) is 59.2 Å². The number of hydrogen-bond acceptors (Lipinski definition) is 2. The predicted octanol–water partition coefficient (Wildman–Crippen LogP) is 5.21. The Kier molecular flexibility index (Phi) is 3.73. The molecule has 4 heteroatoms. The Balaban J connectivity index is 1.68. The van der Waals surface area contributed by atoms with Crippen LogP contribution in [0.3, 0.4) is 0 Å². The van der Waals surface area contributed by atoms with E-state index >= 15 is 0 Å². The van der Waals surface area contributed by atoms with Crippen molar-refractivity contribution in [2.45, 2.75) is 19.8 Å². The molecule has 0 saturated heterocycles. The number of anilines is 1. The number of rotatable bonds is 3. The first-order valence-corrected chi connectivity index (χ1v) is 8.46. The minimum Gasteiger partial charge on any atom is -0.310 e. The zero-order valence-electron chi connectivity index (χ0n) is 13.3. The molecule has 1 heterocycles. The molecule has 1 saturated carbocycles. The molecule has 0 radical (unpaired) electrons. The summed E-state index contributed by atoms with van der Waals surface area (Å²) in [5, 5.41) is 5.75. The van der Waals surface area contributed by atoms with Crippen LogP contribution in [-0.2, 0) is 4.79 Å². The van der Waals surface area contributed by atoms with E-state index in [1.807, 2.05) is 25.1 Å². The zero-order valence-corrected chi connectivity index (χ0v) is 14.1. The van der Waals surface area contributed by atoms with Crippen LogP contribution in [0.5, 0.6) is 0 Å². The number of halogens is 1. The van der Waals surface area contributed by atoms with Gasteiger partial charge in [-0.15, -0.1) is 0 Å². The molecule has 3 nitrogen and oxygen atoms in total. The summed E-state index contributed by atoms with van der Waals surface area (Å²) in [5.41, 5.74) is 3.30. The Hall–Kier alpha value is -2.39. The second-order valence-corrected chi connectivity index (χ2v) is 6.71. The molecule has 1 aromatic heterocycles. The fraction of sp³-hybridized carbons (Fsp3) is 0.200. The fourth-order valence-electron chi connectivity index (χ4n) is 2.87. The van der Waals surface area contributed by atoms with E-state index < -0.39 is 0 Å². The first-order valence-electron chi connectivity index (χ1n) is 8.08. The van der Waals surface area contributed by atoms with Crippen molar-refractivity contribution in [2.75, 3.05) is 5.32 Å². The maximum absolute atomic E-state index is 11.9. The van der Waals surface area contributed by atoms with Crippen molar-refractivity contribution >= 4 is 34.1 Å². The number of benzene rings is 2. The molecule has 1 N–H and O–H groups in total. The van der Waals surface area contributed by atoms with E-state index in [0.29, 0.717) is 5.82 Å². The summed E-state index contributed by atoms with van der Waals surface area (Å²) in [5.74, 6) is 0.870. The van der Waals surface area contributed by atoms with Crippen molar-refractivity contribution in [1.29, 1.82) is 0 Å². The van der Waals surface area contributed by atoms with Gasteiger partial charge in [-0.2, -0.15) is 0 Å². The average Bonchev–Trinajstić information content (AvgIpc) is 3.42. The van der Waals surface area contributed by atoms with E-state index in [-0.39, 0.29) is 11.8 Å². The van der Waals surface area contributed by atoms with Crippen LogP contribution >= 0.6 is 11.6 Å². The Labute approximate surface area is 145 Å². The van der Waals surface area contributed by atoms with Crippen LogP contribution in [0.2, 0.25) is 5.02 Å². The number of pyridine rings is 1. The normalized spacial score (nSPS) is 13.9. The van der Waals surface area contributed by atoms with Crippen molar-refractivity contribution in [1.82, 2.24) is 4.98 Å². The summed E-state index contributed by atoms with van der Waals surface area (Å²) in [6.07, 6.45) is 3.78. The summed E-state index contributed by atoms with van der Waals surface area (Å²) in [6.45, 7) is 2.02.